The summed E-state index contributed by atoms with van der Waals surface area (Å²) in [5.41, 5.74) is 1.91. The van der Waals surface area contributed by atoms with Crippen molar-refractivity contribution >= 4 is 18.0 Å². The summed E-state index contributed by atoms with van der Waals surface area (Å²) in [4.78, 5) is 12.8. The van der Waals surface area contributed by atoms with Gasteiger partial charge in [-0.15, -0.1) is 0 Å². The summed E-state index contributed by atoms with van der Waals surface area (Å²) in [6, 6.07) is 0. The first-order valence-corrected chi connectivity index (χ1v) is 5.77. The van der Waals surface area contributed by atoms with Crippen LogP contribution < -0.4 is 11.3 Å². The van der Waals surface area contributed by atoms with Gasteiger partial charge in [-0.2, -0.15) is 0 Å². The zero-order chi connectivity index (χ0) is 11.3. The molecule has 0 spiro atoms. The third-order valence-electron chi connectivity index (χ3n) is 2.16. The monoisotopic (exact) mass is 232 g/mol. The first kappa shape index (κ1) is 12.0. The van der Waals surface area contributed by atoms with Gasteiger partial charge in [0.2, 0.25) is 0 Å². The fourth-order valence-electron chi connectivity index (χ4n) is 1.31. The molecule has 0 aromatic rings. The second-order valence-corrected chi connectivity index (χ2v) is 3.78. The molecular weight excluding hydrogens is 216 g/mol. The zero-order valence-electron chi connectivity index (χ0n) is 8.84. The number of amides is 1. The Balaban J connectivity index is 2.23. The molecule has 7 heteroatoms. The van der Waals surface area contributed by atoms with E-state index in [-0.39, 0.29) is 6.17 Å². The third-order valence-corrected chi connectivity index (χ3v) is 3.01. The van der Waals surface area contributed by atoms with E-state index in [9.17, 15) is 4.79 Å². The molecule has 0 aliphatic carbocycles. The normalized spacial score (nSPS) is 19.5. The highest BCUT2D eigenvalue weighted by Gasteiger charge is 2.20. The number of nitrogens with two attached hydrogens (primary N) is 1. The topological polar surface area (TPSA) is 70.8 Å². The molecule has 6 nitrogen and oxygen atoms in total. The molecule has 1 atom stereocenters. The molecule has 0 bridgehead atoms. The van der Waals surface area contributed by atoms with Crippen molar-refractivity contribution in [3.63, 3.8) is 0 Å². The molecule has 0 saturated heterocycles. The van der Waals surface area contributed by atoms with E-state index >= 15 is 0 Å². The Bertz CT molecular complexity index is 249. The van der Waals surface area contributed by atoms with Crippen molar-refractivity contribution in [1.82, 2.24) is 14.6 Å². The van der Waals surface area contributed by atoms with Crippen molar-refractivity contribution in [2.24, 2.45) is 5.84 Å². The maximum Gasteiger partial charge on any atom is 0.421 e. The Kier molecular flexibility index (Phi) is 4.57. The molecule has 15 heavy (non-hydrogen) atoms. The molecule has 1 amide bonds. The van der Waals surface area contributed by atoms with Crippen molar-refractivity contribution in [2.75, 3.05) is 19.4 Å². The minimum Gasteiger partial charge on any atom is -0.447 e. The van der Waals surface area contributed by atoms with Crippen LogP contribution in [0.3, 0.4) is 0 Å². The van der Waals surface area contributed by atoms with Crippen molar-refractivity contribution in [3.05, 3.63) is 12.4 Å². The van der Waals surface area contributed by atoms with Gasteiger partial charge in [0.25, 0.3) is 0 Å². The molecule has 0 saturated carbocycles. The van der Waals surface area contributed by atoms with Gasteiger partial charge in [0.15, 0.2) is 0 Å². The molecule has 0 fully saturated rings. The lowest BCUT2D eigenvalue weighted by Gasteiger charge is -2.27. The molecule has 1 aliphatic rings. The highest BCUT2D eigenvalue weighted by Crippen LogP contribution is 2.21. The van der Waals surface area contributed by atoms with E-state index in [1.54, 1.807) is 11.9 Å². The predicted octanol–water partition coefficient (Wildman–Crippen LogP) is 0.299. The SMILES string of the molecule is CSN1C=CN(CCOC(=O)NN)C1C. The Labute approximate surface area is 93.5 Å². The second kappa shape index (κ2) is 5.72. The Morgan fingerprint density at radius 2 is 2.40 bits per heavy atom. The van der Waals surface area contributed by atoms with Crippen molar-refractivity contribution in [2.45, 2.75) is 13.1 Å². The van der Waals surface area contributed by atoms with Crippen LogP contribution in [0.25, 0.3) is 0 Å². The van der Waals surface area contributed by atoms with Gasteiger partial charge in [0, 0.05) is 18.7 Å². The molecular formula is C8H16N4O2S. The van der Waals surface area contributed by atoms with Crippen molar-refractivity contribution in [3.8, 4) is 0 Å². The van der Waals surface area contributed by atoms with E-state index in [0.29, 0.717) is 13.2 Å². The number of rotatable bonds is 4. The van der Waals surface area contributed by atoms with E-state index in [1.165, 1.54) is 0 Å². The number of nitrogens with one attached hydrogen (secondary N) is 1. The molecule has 1 rings (SSSR count). The number of carbonyl (C=O) groups excluding carboxylic acids is 1. The smallest absolute Gasteiger partial charge is 0.421 e. The molecule has 0 aromatic carbocycles. The Hall–Kier alpha value is -1.08. The molecule has 1 heterocycles. The quantitative estimate of drug-likeness (QED) is 0.314. The van der Waals surface area contributed by atoms with Crippen LogP contribution in [0.4, 0.5) is 4.79 Å². The molecule has 0 radical (unpaired) electrons. The van der Waals surface area contributed by atoms with Gasteiger partial charge in [-0.3, -0.25) is 5.43 Å². The number of hydrazine groups is 1. The van der Waals surface area contributed by atoms with Crippen LogP contribution >= 0.6 is 11.9 Å². The Morgan fingerprint density at radius 3 is 2.93 bits per heavy atom. The summed E-state index contributed by atoms with van der Waals surface area (Å²) in [7, 11) is 0. The standard InChI is InChI=1S/C8H16N4O2S/c1-7-11(3-4-12(7)15-2)5-6-14-8(13)10-9/h3-4,7H,5-6,9H2,1-2H3,(H,10,13). The lowest BCUT2D eigenvalue weighted by Crippen LogP contribution is -2.36. The number of ether oxygens (including phenoxy) is 1. The van der Waals surface area contributed by atoms with Gasteiger partial charge in [0.1, 0.15) is 12.8 Å². The molecule has 1 aliphatic heterocycles. The first-order valence-electron chi connectivity index (χ1n) is 4.59. The summed E-state index contributed by atoms with van der Waals surface area (Å²) < 4.78 is 6.91. The van der Waals surface area contributed by atoms with E-state index < -0.39 is 6.09 Å². The van der Waals surface area contributed by atoms with Crippen molar-refractivity contribution in [1.29, 1.82) is 0 Å². The third kappa shape index (κ3) is 3.21. The molecule has 1 unspecified atom stereocenters. The predicted molar refractivity (Wildman–Crippen MR) is 59.3 cm³/mol. The maximum absolute atomic E-state index is 10.7. The number of hydrogen-bond donors (Lipinski definition) is 2. The summed E-state index contributed by atoms with van der Waals surface area (Å²) in [5.74, 6) is 4.87. The summed E-state index contributed by atoms with van der Waals surface area (Å²) >= 11 is 1.65. The van der Waals surface area contributed by atoms with E-state index in [2.05, 4.69) is 16.1 Å². The van der Waals surface area contributed by atoms with Crippen LogP contribution in [0.15, 0.2) is 12.4 Å². The first-order chi connectivity index (χ1) is 7.19. The number of hydrogen-bond acceptors (Lipinski definition) is 6. The lowest BCUT2D eigenvalue weighted by atomic mass is 10.5. The van der Waals surface area contributed by atoms with Crippen LogP contribution in [0.5, 0.6) is 0 Å². The highest BCUT2D eigenvalue weighted by molar-refractivity contribution is 7.96. The molecule has 86 valence electrons. The van der Waals surface area contributed by atoms with Crippen molar-refractivity contribution < 1.29 is 9.53 Å². The average molecular weight is 232 g/mol. The second-order valence-electron chi connectivity index (χ2n) is 2.99. The summed E-state index contributed by atoms with van der Waals surface area (Å²) in [6.07, 6.45) is 5.67. The minimum atomic E-state index is -0.604. The van der Waals surface area contributed by atoms with E-state index in [0.717, 1.165) is 0 Å². The van der Waals surface area contributed by atoms with Gasteiger partial charge < -0.3 is 13.9 Å². The van der Waals surface area contributed by atoms with Gasteiger partial charge in [-0.1, -0.05) is 11.9 Å². The zero-order valence-corrected chi connectivity index (χ0v) is 9.66. The van der Waals surface area contributed by atoms with Gasteiger partial charge in [-0.05, 0) is 6.92 Å². The number of nitrogens with zero attached hydrogens (tertiary/aromatic N) is 2. The highest BCUT2D eigenvalue weighted by atomic mass is 32.2. The minimum absolute atomic E-state index is 0.282. The number of carbonyl (C=O) groups is 1. The Morgan fingerprint density at radius 1 is 1.67 bits per heavy atom. The summed E-state index contributed by atoms with van der Waals surface area (Å²) in [5, 5.41) is 0. The fourth-order valence-corrected chi connectivity index (χ4v) is 1.91. The van der Waals surface area contributed by atoms with Crippen LogP contribution in [0.1, 0.15) is 6.92 Å². The van der Waals surface area contributed by atoms with Crippen LogP contribution in [0.2, 0.25) is 0 Å². The summed E-state index contributed by atoms with van der Waals surface area (Å²) in [6.45, 7) is 3.06. The average Bonchev–Trinajstić information content (AvgIpc) is 2.60. The van der Waals surface area contributed by atoms with Crippen LogP contribution in [0, 0.1) is 0 Å². The molecule has 3 N–H and O–H groups in total. The van der Waals surface area contributed by atoms with E-state index in [4.69, 9.17) is 10.6 Å². The maximum atomic E-state index is 10.7. The van der Waals surface area contributed by atoms with Crippen LogP contribution in [-0.2, 0) is 4.74 Å². The van der Waals surface area contributed by atoms with Gasteiger partial charge in [-0.25, -0.2) is 10.6 Å². The van der Waals surface area contributed by atoms with Gasteiger partial charge in [0.05, 0.1) is 6.54 Å². The lowest BCUT2D eigenvalue weighted by molar-refractivity contribution is 0.125. The fraction of sp³-hybridized carbons (Fsp3) is 0.625. The van der Waals surface area contributed by atoms with Gasteiger partial charge >= 0.3 is 6.09 Å². The molecule has 0 aromatic heterocycles. The largest absolute Gasteiger partial charge is 0.447 e. The van der Waals surface area contributed by atoms with E-state index in [1.807, 2.05) is 24.1 Å². The van der Waals surface area contributed by atoms with Crippen LogP contribution in [-0.4, -0.2) is 40.9 Å².